The number of aliphatic hydroxyl groups is 1. The first-order valence-corrected chi connectivity index (χ1v) is 9.85. The molecule has 0 aliphatic rings. The lowest BCUT2D eigenvalue weighted by atomic mass is 10.0. The fraction of sp³-hybridized carbons (Fsp3) is 0.227. The Morgan fingerprint density at radius 1 is 1.09 bits per heavy atom. The summed E-state index contributed by atoms with van der Waals surface area (Å²) in [5, 5.41) is 19.0. The van der Waals surface area contributed by atoms with Crippen molar-refractivity contribution in [3.8, 4) is 11.1 Å². The molecule has 0 unspecified atom stereocenters. The molecule has 33 heavy (non-hydrogen) atoms. The molecule has 0 amide bonds. The van der Waals surface area contributed by atoms with Crippen molar-refractivity contribution in [1.29, 1.82) is 0 Å². The third-order valence-electron chi connectivity index (χ3n) is 5.21. The topological polar surface area (TPSA) is 103 Å². The average molecular weight is 464 g/mol. The molecule has 7 nitrogen and oxygen atoms in total. The Morgan fingerprint density at radius 3 is 2.48 bits per heavy atom. The highest BCUT2D eigenvalue weighted by Gasteiger charge is 2.58. The van der Waals surface area contributed by atoms with E-state index in [1.165, 1.54) is 18.2 Å². The van der Waals surface area contributed by atoms with Crippen LogP contribution < -0.4 is 16.0 Å². The smallest absolute Gasteiger partial charge is 0.423 e. The van der Waals surface area contributed by atoms with Crippen LogP contribution in [0.3, 0.4) is 0 Å². The van der Waals surface area contributed by atoms with Gasteiger partial charge in [0, 0.05) is 11.5 Å². The van der Waals surface area contributed by atoms with Gasteiger partial charge in [-0.3, -0.25) is 0 Å². The van der Waals surface area contributed by atoms with Gasteiger partial charge in [0.2, 0.25) is 5.60 Å². The minimum absolute atomic E-state index is 0.0854. The van der Waals surface area contributed by atoms with E-state index in [0.29, 0.717) is 22.1 Å². The highest BCUT2D eigenvalue weighted by Crippen LogP contribution is 2.40. The molecule has 0 saturated heterocycles. The molecule has 2 aromatic heterocycles. The van der Waals surface area contributed by atoms with E-state index in [9.17, 15) is 27.5 Å². The van der Waals surface area contributed by atoms with Gasteiger partial charge in [-0.25, -0.2) is 14.5 Å². The number of hydrogen-bond donors (Lipinski definition) is 2. The van der Waals surface area contributed by atoms with Gasteiger partial charge in [0.1, 0.15) is 17.9 Å². The second kappa shape index (κ2) is 8.32. The predicted octanol–water partition coefficient (Wildman–Crippen LogP) is 4.17. The van der Waals surface area contributed by atoms with Gasteiger partial charge in [-0.15, -0.1) is 5.10 Å². The summed E-state index contributed by atoms with van der Waals surface area (Å²) in [6.45, 7) is 1.25. The number of nitrogens with one attached hydrogen (secondary N) is 2. The summed E-state index contributed by atoms with van der Waals surface area (Å²) in [5.41, 5.74) is -1.70. The molecule has 4 aromatic rings. The molecular weight excluding hydrogens is 446 g/mol. The van der Waals surface area contributed by atoms with Crippen LogP contribution in [0.5, 0.6) is 0 Å². The van der Waals surface area contributed by atoms with Crippen molar-refractivity contribution in [2.45, 2.75) is 31.7 Å². The van der Waals surface area contributed by atoms with E-state index in [2.05, 4.69) is 15.5 Å². The van der Waals surface area contributed by atoms with E-state index in [-0.39, 0.29) is 18.1 Å². The summed E-state index contributed by atoms with van der Waals surface area (Å²) in [6, 6.07) is 11.8. The highest BCUT2D eigenvalue weighted by atomic mass is 19.4. The quantitative estimate of drug-likeness (QED) is 0.328. The number of rotatable bonds is 6. The van der Waals surface area contributed by atoms with Gasteiger partial charge in [-0.05, 0) is 46.4 Å². The lowest BCUT2D eigenvalue weighted by Gasteiger charge is -2.24. The fourth-order valence-corrected chi connectivity index (χ4v) is 3.34. The number of nitrogens with zero attached hydrogens (tertiary/aromatic N) is 1. The van der Waals surface area contributed by atoms with Crippen LogP contribution in [-0.4, -0.2) is 16.4 Å². The lowest BCUT2D eigenvalue weighted by molar-refractivity contribution is -0.441. The maximum absolute atomic E-state index is 13.2. The largest absolute Gasteiger partial charge is 0.475 e. The standard InChI is InChI=1S/C22H17F4N3O4/c1-2-21(31,22(24,25)26)19-28-29-20(33-19)27-11-12-3-8-15-16(10-18(30)32-17(15)9-12)13-4-6-14(23)7-5-13/h3-10,31H,2,11H2,1H3,(H,27,29)/p+1/t21-/m0/s1. The maximum atomic E-state index is 13.2. The molecule has 11 heteroatoms. The minimum Gasteiger partial charge on any atom is -0.423 e. The normalized spacial score (nSPS) is 13.8. The summed E-state index contributed by atoms with van der Waals surface area (Å²) < 4.78 is 63.1. The van der Waals surface area contributed by atoms with Crippen molar-refractivity contribution in [3.05, 3.63) is 76.2 Å². The van der Waals surface area contributed by atoms with Crippen LogP contribution in [0, 0.1) is 5.82 Å². The lowest BCUT2D eigenvalue weighted by Crippen LogP contribution is -2.42. The summed E-state index contributed by atoms with van der Waals surface area (Å²) in [7, 11) is 0. The molecule has 0 bridgehead atoms. The Labute approximate surface area is 183 Å². The summed E-state index contributed by atoms with van der Waals surface area (Å²) in [4.78, 5) is 12.0. The first kappa shape index (κ1) is 22.5. The summed E-state index contributed by atoms with van der Waals surface area (Å²) >= 11 is 0. The van der Waals surface area contributed by atoms with Gasteiger partial charge in [0.15, 0.2) is 0 Å². The Kier molecular flexibility index (Phi) is 5.66. The minimum atomic E-state index is -4.96. The van der Waals surface area contributed by atoms with Crippen LogP contribution in [0.4, 0.5) is 23.6 Å². The van der Waals surface area contributed by atoms with Gasteiger partial charge in [-0.2, -0.15) is 13.2 Å². The van der Waals surface area contributed by atoms with E-state index >= 15 is 0 Å². The van der Waals surface area contributed by atoms with Crippen molar-refractivity contribution < 1.29 is 36.6 Å². The molecule has 0 saturated carbocycles. The van der Waals surface area contributed by atoms with Gasteiger partial charge in [0.05, 0.1) is 0 Å². The van der Waals surface area contributed by atoms with Gasteiger partial charge < -0.3 is 13.9 Å². The monoisotopic (exact) mass is 464 g/mol. The van der Waals surface area contributed by atoms with E-state index in [4.69, 9.17) is 8.83 Å². The SMILES string of the molecule is CC[C@](O)(c1n[nH+]c(NCc2ccc3c(-c4ccc(F)cc4)cc(=O)oc3c2)o1)C(F)(F)F. The Hall–Kier alpha value is -3.73. The zero-order valence-electron chi connectivity index (χ0n) is 17.2. The van der Waals surface area contributed by atoms with E-state index in [1.54, 1.807) is 30.3 Å². The molecule has 172 valence electrons. The van der Waals surface area contributed by atoms with E-state index < -0.39 is 35.5 Å². The molecule has 2 aromatic carbocycles. The summed E-state index contributed by atoms with van der Waals surface area (Å²) in [5.74, 6) is -1.31. The van der Waals surface area contributed by atoms with Crippen LogP contribution in [0.1, 0.15) is 24.8 Å². The zero-order chi connectivity index (χ0) is 23.8. The number of halogens is 4. The van der Waals surface area contributed by atoms with Crippen molar-refractivity contribution in [2.24, 2.45) is 0 Å². The number of anilines is 1. The molecule has 0 aliphatic heterocycles. The number of H-pyrrole nitrogens is 1. The zero-order valence-corrected chi connectivity index (χ0v) is 17.2. The van der Waals surface area contributed by atoms with Crippen LogP contribution in [-0.2, 0) is 12.1 Å². The van der Waals surface area contributed by atoms with Crippen LogP contribution in [0.15, 0.2) is 62.2 Å². The molecule has 0 aliphatic carbocycles. The molecule has 0 spiro atoms. The number of alkyl halides is 3. The average Bonchev–Trinajstić information content (AvgIpc) is 3.25. The van der Waals surface area contributed by atoms with Crippen LogP contribution >= 0.6 is 0 Å². The molecule has 1 atom stereocenters. The second-order valence-corrected chi connectivity index (χ2v) is 7.34. The van der Waals surface area contributed by atoms with E-state index in [0.717, 1.165) is 6.92 Å². The molecule has 4 rings (SSSR count). The van der Waals surface area contributed by atoms with Crippen LogP contribution in [0.2, 0.25) is 0 Å². The maximum Gasteiger partial charge on any atom is 0.475 e. The third-order valence-corrected chi connectivity index (χ3v) is 5.21. The number of hydrogen-bond acceptors (Lipinski definition) is 6. The number of aromatic nitrogens is 2. The molecule has 3 N–H and O–H groups in total. The number of fused-ring (bicyclic) bond motifs is 1. The molecular formula is C22H18F4N3O4+. The van der Waals surface area contributed by atoms with E-state index in [1.807, 2.05) is 0 Å². The fourth-order valence-electron chi connectivity index (χ4n) is 3.34. The molecule has 0 fully saturated rings. The predicted molar refractivity (Wildman–Crippen MR) is 109 cm³/mol. The number of aromatic amines is 1. The Balaban J connectivity index is 1.58. The Morgan fingerprint density at radius 2 is 1.82 bits per heavy atom. The first-order valence-electron chi connectivity index (χ1n) is 9.85. The second-order valence-electron chi connectivity index (χ2n) is 7.34. The van der Waals surface area contributed by atoms with Gasteiger partial charge >= 0.3 is 17.8 Å². The Bertz CT molecular complexity index is 1350. The first-order chi connectivity index (χ1) is 15.6. The highest BCUT2D eigenvalue weighted by molar-refractivity contribution is 5.93. The summed E-state index contributed by atoms with van der Waals surface area (Å²) in [6.07, 6.45) is -5.64. The van der Waals surface area contributed by atoms with Gasteiger partial charge in [-0.1, -0.05) is 31.2 Å². The molecule has 2 heterocycles. The van der Waals surface area contributed by atoms with Gasteiger partial charge in [0.25, 0.3) is 5.89 Å². The molecule has 0 radical (unpaired) electrons. The van der Waals surface area contributed by atoms with Crippen molar-refractivity contribution in [2.75, 3.05) is 5.32 Å². The van der Waals surface area contributed by atoms with Crippen molar-refractivity contribution >= 4 is 17.0 Å². The van der Waals surface area contributed by atoms with Crippen molar-refractivity contribution in [1.82, 2.24) is 5.10 Å². The number of benzene rings is 2. The van der Waals surface area contributed by atoms with Crippen molar-refractivity contribution in [3.63, 3.8) is 0 Å². The van der Waals surface area contributed by atoms with Crippen LogP contribution in [0.25, 0.3) is 22.1 Å². The third kappa shape index (κ3) is 4.31.